The largest absolute Gasteiger partial charge is 0.491 e. The molecule has 22 heavy (non-hydrogen) atoms. The normalized spacial score (nSPS) is 10.3. The first-order valence-electron chi connectivity index (χ1n) is 7.48. The zero-order valence-corrected chi connectivity index (χ0v) is 13.0. The second kappa shape index (κ2) is 8.08. The molecule has 2 aromatic rings. The van der Waals surface area contributed by atoms with Crippen molar-refractivity contribution < 1.29 is 9.53 Å². The molecule has 0 aliphatic rings. The van der Waals surface area contributed by atoms with Crippen molar-refractivity contribution in [2.24, 2.45) is 0 Å². The molecule has 0 heterocycles. The number of urea groups is 1. The van der Waals surface area contributed by atoms with Crippen LogP contribution in [0, 0.1) is 0 Å². The summed E-state index contributed by atoms with van der Waals surface area (Å²) in [5.74, 6) is 1.29. The summed E-state index contributed by atoms with van der Waals surface area (Å²) >= 11 is 0. The van der Waals surface area contributed by atoms with Crippen LogP contribution in [0.5, 0.6) is 5.75 Å². The summed E-state index contributed by atoms with van der Waals surface area (Å²) in [4.78, 5) is 11.7. The highest BCUT2D eigenvalue weighted by atomic mass is 16.5. The van der Waals surface area contributed by atoms with E-state index < -0.39 is 0 Å². The Bertz CT molecular complexity index is 597. The van der Waals surface area contributed by atoms with Crippen molar-refractivity contribution in [2.75, 3.05) is 18.5 Å². The van der Waals surface area contributed by atoms with Gasteiger partial charge in [-0.25, -0.2) is 4.79 Å². The second-order valence-electron chi connectivity index (χ2n) is 5.29. The number of rotatable bonds is 6. The molecule has 116 valence electrons. The quantitative estimate of drug-likeness (QED) is 0.792. The van der Waals surface area contributed by atoms with Crippen LogP contribution in [-0.4, -0.2) is 19.2 Å². The minimum absolute atomic E-state index is 0.230. The van der Waals surface area contributed by atoms with E-state index in [-0.39, 0.29) is 6.03 Å². The average Bonchev–Trinajstić information content (AvgIpc) is 2.53. The van der Waals surface area contributed by atoms with Crippen molar-refractivity contribution in [3.05, 3.63) is 60.2 Å². The molecule has 0 atom stereocenters. The maximum absolute atomic E-state index is 11.7. The number of hydrogen-bond donors (Lipinski definition) is 2. The number of benzene rings is 2. The molecular weight excluding hydrogens is 276 g/mol. The standard InChI is InChI=1S/C18H22N2O2/c1-14(2)16-10-6-7-11-17(16)22-13-12-19-18(21)20-15-8-4-3-5-9-15/h3-11,14H,12-13H2,1-2H3,(H2,19,20,21). The van der Waals surface area contributed by atoms with E-state index in [1.807, 2.05) is 48.5 Å². The zero-order valence-electron chi connectivity index (χ0n) is 13.0. The molecule has 4 heteroatoms. The summed E-state index contributed by atoms with van der Waals surface area (Å²) in [5, 5.41) is 5.54. The van der Waals surface area contributed by atoms with Gasteiger partial charge in [-0.15, -0.1) is 0 Å². The van der Waals surface area contributed by atoms with E-state index in [0.717, 1.165) is 11.4 Å². The molecule has 0 saturated carbocycles. The van der Waals surface area contributed by atoms with Crippen LogP contribution in [0.1, 0.15) is 25.3 Å². The van der Waals surface area contributed by atoms with Gasteiger partial charge in [-0.2, -0.15) is 0 Å². The maximum Gasteiger partial charge on any atom is 0.319 e. The van der Waals surface area contributed by atoms with Crippen molar-refractivity contribution in [2.45, 2.75) is 19.8 Å². The molecule has 2 rings (SSSR count). The van der Waals surface area contributed by atoms with Gasteiger partial charge in [0.2, 0.25) is 0 Å². The smallest absolute Gasteiger partial charge is 0.319 e. The highest BCUT2D eigenvalue weighted by Gasteiger charge is 2.06. The first kappa shape index (κ1) is 15.9. The maximum atomic E-state index is 11.7. The van der Waals surface area contributed by atoms with E-state index in [2.05, 4.69) is 30.5 Å². The predicted octanol–water partition coefficient (Wildman–Crippen LogP) is 4.01. The van der Waals surface area contributed by atoms with E-state index in [4.69, 9.17) is 4.74 Å². The number of anilines is 1. The van der Waals surface area contributed by atoms with Crippen molar-refractivity contribution >= 4 is 11.7 Å². The number of amides is 2. The third kappa shape index (κ3) is 4.81. The number of hydrogen-bond acceptors (Lipinski definition) is 2. The predicted molar refractivity (Wildman–Crippen MR) is 89.5 cm³/mol. The third-order valence-corrected chi connectivity index (χ3v) is 3.22. The molecule has 2 N–H and O–H groups in total. The van der Waals surface area contributed by atoms with Gasteiger partial charge in [0, 0.05) is 5.69 Å². The van der Waals surface area contributed by atoms with Crippen LogP contribution in [-0.2, 0) is 0 Å². The first-order chi connectivity index (χ1) is 10.7. The van der Waals surface area contributed by atoms with Crippen LogP contribution in [0.15, 0.2) is 54.6 Å². The fourth-order valence-corrected chi connectivity index (χ4v) is 2.11. The Morgan fingerprint density at radius 1 is 1.05 bits per heavy atom. The lowest BCUT2D eigenvalue weighted by molar-refractivity contribution is 0.247. The van der Waals surface area contributed by atoms with Gasteiger partial charge in [-0.1, -0.05) is 50.2 Å². The fourth-order valence-electron chi connectivity index (χ4n) is 2.11. The van der Waals surface area contributed by atoms with E-state index in [9.17, 15) is 4.79 Å². The third-order valence-electron chi connectivity index (χ3n) is 3.22. The van der Waals surface area contributed by atoms with Crippen molar-refractivity contribution in [1.29, 1.82) is 0 Å². The Morgan fingerprint density at radius 3 is 2.45 bits per heavy atom. The molecule has 0 spiro atoms. The minimum atomic E-state index is -0.230. The van der Waals surface area contributed by atoms with Crippen molar-refractivity contribution in [3.8, 4) is 5.75 Å². The summed E-state index contributed by atoms with van der Waals surface area (Å²) in [6.45, 7) is 5.15. The van der Waals surface area contributed by atoms with Crippen LogP contribution in [0.4, 0.5) is 10.5 Å². The summed E-state index contributed by atoms with van der Waals surface area (Å²) in [5.41, 5.74) is 1.95. The molecule has 2 amide bonds. The molecule has 0 unspecified atom stereocenters. The van der Waals surface area contributed by atoms with Gasteiger partial charge in [-0.05, 0) is 29.7 Å². The molecule has 4 nitrogen and oxygen atoms in total. The van der Waals surface area contributed by atoms with Crippen LogP contribution < -0.4 is 15.4 Å². The van der Waals surface area contributed by atoms with Gasteiger partial charge < -0.3 is 15.4 Å². The Morgan fingerprint density at radius 2 is 1.73 bits per heavy atom. The summed E-state index contributed by atoms with van der Waals surface area (Å²) in [6, 6.07) is 17.1. The van der Waals surface area contributed by atoms with E-state index in [1.165, 1.54) is 5.56 Å². The molecule has 0 aliphatic heterocycles. The summed E-state index contributed by atoms with van der Waals surface area (Å²) in [6.07, 6.45) is 0. The molecule has 0 aliphatic carbocycles. The molecule has 0 fully saturated rings. The zero-order chi connectivity index (χ0) is 15.8. The van der Waals surface area contributed by atoms with E-state index in [0.29, 0.717) is 19.1 Å². The monoisotopic (exact) mass is 298 g/mol. The average molecular weight is 298 g/mol. The Hall–Kier alpha value is -2.49. The highest BCUT2D eigenvalue weighted by Crippen LogP contribution is 2.25. The number of carbonyl (C=O) groups excluding carboxylic acids is 1. The van der Waals surface area contributed by atoms with Crippen LogP contribution in [0.3, 0.4) is 0 Å². The molecule has 2 aromatic carbocycles. The summed E-state index contributed by atoms with van der Waals surface area (Å²) < 4.78 is 5.76. The molecule has 0 bridgehead atoms. The molecular formula is C18H22N2O2. The molecule has 0 aromatic heterocycles. The van der Waals surface area contributed by atoms with Crippen molar-refractivity contribution in [3.63, 3.8) is 0 Å². The second-order valence-corrected chi connectivity index (χ2v) is 5.29. The number of nitrogens with one attached hydrogen (secondary N) is 2. The van der Waals surface area contributed by atoms with Crippen LogP contribution in [0.2, 0.25) is 0 Å². The Kier molecular flexibility index (Phi) is 5.83. The minimum Gasteiger partial charge on any atom is -0.491 e. The lowest BCUT2D eigenvalue weighted by Gasteiger charge is -2.14. The first-order valence-corrected chi connectivity index (χ1v) is 7.48. The number of ether oxygens (including phenoxy) is 1. The topological polar surface area (TPSA) is 50.4 Å². The SMILES string of the molecule is CC(C)c1ccccc1OCCNC(=O)Nc1ccccc1. The molecule has 0 radical (unpaired) electrons. The Balaban J connectivity index is 1.74. The van der Waals surface area contributed by atoms with Crippen LogP contribution in [0.25, 0.3) is 0 Å². The number of carbonyl (C=O) groups is 1. The van der Waals surface area contributed by atoms with Gasteiger partial charge in [0.05, 0.1) is 6.54 Å². The molecule has 0 saturated heterocycles. The van der Waals surface area contributed by atoms with Gasteiger partial charge in [0.15, 0.2) is 0 Å². The Labute approximate surface area is 131 Å². The van der Waals surface area contributed by atoms with Gasteiger partial charge in [0.25, 0.3) is 0 Å². The fraction of sp³-hybridized carbons (Fsp3) is 0.278. The van der Waals surface area contributed by atoms with Crippen LogP contribution >= 0.6 is 0 Å². The number of para-hydroxylation sites is 2. The van der Waals surface area contributed by atoms with E-state index >= 15 is 0 Å². The lowest BCUT2D eigenvalue weighted by atomic mass is 10.0. The highest BCUT2D eigenvalue weighted by molar-refractivity contribution is 5.89. The van der Waals surface area contributed by atoms with Gasteiger partial charge in [0.1, 0.15) is 12.4 Å². The summed E-state index contributed by atoms with van der Waals surface area (Å²) in [7, 11) is 0. The van der Waals surface area contributed by atoms with Gasteiger partial charge >= 0.3 is 6.03 Å². The van der Waals surface area contributed by atoms with Gasteiger partial charge in [-0.3, -0.25) is 0 Å². The lowest BCUT2D eigenvalue weighted by Crippen LogP contribution is -2.32. The van der Waals surface area contributed by atoms with Crippen molar-refractivity contribution in [1.82, 2.24) is 5.32 Å². The van der Waals surface area contributed by atoms with E-state index in [1.54, 1.807) is 0 Å².